The van der Waals surface area contributed by atoms with Gasteiger partial charge in [-0.1, -0.05) is 25.5 Å². The average Bonchev–Trinajstić information content (AvgIpc) is 2.02. The van der Waals surface area contributed by atoms with Crippen molar-refractivity contribution < 1.29 is 9.53 Å². The van der Waals surface area contributed by atoms with Crippen LogP contribution in [0.1, 0.15) is 41.0 Å². The highest BCUT2D eigenvalue weighted by molar-refractivity contribution is 5.69. The Morgan fingerprint density at radius 3 is 2.29 bits per heavy atom. The van der Waals surface area contributed by atoms with Crippen LogP contribution in [-0.4, -0.2) is 12.6 Å². The van der Waals surface area contributed by atoms with Crippen LogP contribution in [0.2, 0.25) is 0 Å². The Morgan fingerprint density at radius 1 is 1.36 bits per heavy atom. The Hall–Kier alpha value is -0.790. The molecule has 14 heavy (non-hydrogen) atoms. The van der Waals surface area contributed by atoms with E-state index >= 15 is 0 Å². The molecule has 0 aliphatic heterocycles. The number of esters is 1. The maximum absolute atomic E-state index is 11.3. The smallest absolute Gasteiger partial charge is 0.306 e. The summed E-state index contributed by atoms with van der Waals surface area (Å²) in [6, 6.07) is 0. The predicted octanol–water partition coefficient (Wildman–Crippen LogP) is 3.18. The molecule has 2 nitrogen and oxygen atoms in total. The number of carbonyl (C=O) groups is 1. The molecule has 0 heterocycles. The van der Waals surface area contributed by atoms with Crippen molar-refractivity contribution in [2.75, 3.05) is 6.61 Å². The molecule has 0 amide bonds. The lowest BCUT2D eigenvalue weighted by Crippen LogP contribution is -2.14. The molecule has 0 radical (unpaired) electrons. The summed E-state index contributed by atoms with van der Waals surface area (Å²) in [6.07, 6.45) is 2.65. The number of carbonyl (C=O) groups excluding carboxylic acids is 1. The Morgan fingerprint density at radius 2 is 1.93 bits per heavy atom. The van der Waals surface area contributed by atoms with Gasteiger partial charge in [0.05, 0.1) is 13.0 Å². The van der Waals surface area contributed by atoms with Crippen molar-refractivity contribution in [1.29, 1.82) is 0 Å². The zero-order chi connectivity index (χ0) is 11.1. The van der Waals surface area contributed by atoms with E-state index in [1.54, 1.807) is 0 Å². The summed E-state index contributed by atoms with van der Waals surface area (Å²) >= 11 is 0. The first kappa shape index (κ1) is 13.2. The molecule has 0 spiro atoms. The van der Waals surface area contributed by atoms with Crippen molar-refractivity contribution >= 4 is 5.97 Å². The first-order valence-electron chi connectivity index (χ1n) is 5.28. The summed E-state index contributed by atoms with van der Waals surface area (Å²) in [5, 5.41) is 0. The zero-order valence-corrected chi connectivity index (χ0v) is 9.96. The summed E-state index contributed by atoms with van der Waals surface area (Å²) in [7, 11) is 0. The van der Waals surface area contributed by atoms with Gasteiger partial charge in [-0.25, -0.2) is 0 Å². The molecule has 0 saturated carbocycles. The summed E-state index contributed by atoms with van der Waals surface area (Å²) in [6.45, 7) is 10.7. The zero-order valence-electron chi connectivity index (χ0n) is 9.96. The number of allylic oxidation sites excluding steroid dienone is 2. The number of hydrogen-bond donors (Lipinski definition) is 0. The van der Waals surface area contributed by atoms with Gasteiger partial charge in [-0.05, 0) is 32.6 Å². The second-order valence-electron chi connectivity index (χ2n) is 4.16. The van der Waals surface area contributed by atoms with E-state index < -0.39 is 0 Å². The van der Waals surface area contributed by atoms with Crippen molar-refractivity contribution in [3.8, 4) is 0 Å². The monoisotopic (exact) mass is 198 g/mol. The lowest BCUT2D eigenvalue weighted by Gasteiger charge is -2.16. The molecule has 0 aromatic heterocycles. The Labute approximate surface area is 87.3 Å². The minimum Gasteiger partial charge on any atom is -0.466 e. The molecule has 0 rings (SSSR count). The SMILES string of the molecule is CCOC(=O)CC(C=C(C)C)C(C)C. The highest BCUT2D eigenvalue weighted by Crippen LogP contribution is 2.19. The van der Waals surface area contributed by atoms with Gasteiger partial charge in [0.2, 0.25) is 0 Å². The fraction of sp³-hybridized carbons (Fsp3) is 0.750. The van der Waals surface area contributed by atoms with Crippen LogP contribution >= 0.6 is 0 Å². The Bertz CT molecular complexity index is 200. The second-order valence-corrected chi connectivity index (χ2v) is 4.16. The van der Waals surface area contributed by atoms with E-state index in [0.29, 0.717) is 24.9 Å². The third-order valence-electron chi connectivity index (χ3n) is 2.11. The van der Waals surface area contributed by atoms with Gasteiger partial charge >= 0.3 is 5.97 Å². The lowest BCUT2D eigenvalue weighted by molar-refractivity contribution is -0.144. The van der Waals surface area contributed by atoms with Gasteiger partial charge in [-0.2, -0.15) is 0 Å². The number of rotatable bonds is 5. The molecule has 82 valence electrons. The van der Waals surface area contributed by atoms with Crippen LogP contribution in [0.4, 0.5) is 0 Å². The fourth-order valence-electron chi connectivity index (χ4n) is 1.33. The topological polar surface area (TPSA) is 26.3 Å². The third kappa shape index (κ3) is 5.79. The van der Waals surface area contributed by atoms with E-state index in [1.165, 1.54) is 5.57 Å². The van der Waals surface area contributed by atoms with Gasteiger partial charge in [-0.3, -0.25) is 4.79 Å². The molecule has 1 atom stereocenters. The van der Waals surface area contributed by atoms with Gasteiger partial charge in [0.15, 0.2) is 0 Å². The molecule has 0 N–H and O–H groups in total. The molecule has 1 unspecified atom stereocenters. The first-order chi connectivity index (χ1) is 6.47. The van der Waals surface area contributed by atoms with E-state index in [0.717, 1.165) is 0 Å². The molecule has 0 aromatic rings. The van der Waals surface area contributed by atoms with Gasteiger partial charge in [-0.15, -0.1) is 0 Å². The summed E-state index contributed by atoms with van der Waals surface area (Å²) in [5.41, 5.74) is 1.26. The maximum Gasteiger partial charge on any atom is 0.306 e. The standard InChI is InChI=1S/C12H22O2/c1-6-14-12(13)8-11(10(4)5)7-9(2)3/h7,10-11H,6,8H2,1-5H3. The molecule has 0 aromatic carbocycles. The lowest BCUT2D eigenvalue weighted by atomic mass is 9.91. The molecule has 0 aliphatic carbocycles. The molecular formula is C12H22O2. The van der Waals surface area contributed by atoms with Crippen LogP contribution in [0.15, 0.2) is 11.6 Å². The summed E-state index contributed by atoms with van der Waals surface area (Å²) in [4.78, 5) is 11.3. The second kappa shape index (κ2) is 6.63. The third-order valence-corrected chi connectivity index (χ3v) is 2.11. The van der Waals surface area contributed by atoms with Crippen molar-refractivity contribution in [2.24, 2.45) is 11.8 Å². The quantitative estimate of drug-likeness (QED) is 0.501. The van der Waals surface area contributed by atoms with Gasteiger partial charge < -0.3 is 4.74 Å². The first-order valence-corrected chi connectivity index (χ1v) is 5.28. The van der Waals surface area contributed by atoms with Crippen LogP contribution in [-0.2, 0) is 9.53 Å². The highest BCUT2D eigenvalue weighted by atomic mass is 16.5. The highest BCUT2D eigenvalue weighted by Gasteiger charge is 2.15. The molecule has 0 fully saturated rings. The van der Waals surface area contributed by atoms with Crippen LogP contribution in [0, 0.1) is 11.8 Å². The molecule has 2 heteroatoms. The number of hydrogen-bond acceptors (Lipinski definition) is 2. The minimum atomic E-state index is -0.0938. The summed E-state index contributed by atoms with van der Waals surface area (Å²) in [5.74, 6) is 0.692. The van der Waals surface area contributed by atoms with Crippen LogP contribution in [0.25, 0.3) is 0 Å². The van der Waals surface area contributed by atoms with E-state index in [1.807, 2.05) is 6.92 Å². The number of ether oxygens (including phenoxy) is 1. The predicted molar refractivity (Wildman–Crippen MR) is 59.0 cm³/mol. The van der Waals surface area contributed by atoms with Gasteiger partial charge in [0.25, 0.3) is 0 Å². The van der Waals surface area contributed by atoms with E-state index in [2.05, 4.69) is 33.8 Å². The Kier molecular flexibility index (Phi) is 6.26. The van der Waals surface area contributed by atoms with Crippen LogP contribution in [0.3, 0.4) is 0 Å². The largest absolute Gasteiger partial charge is 0.466 e. The summed E-state index contributed by atoms with van der Waals surface area (Å²) < 4.78 is 4.94. The van der Waals surface area contributed by atoms with E-state index in [-0.39, 0.29) is 5.97 Å². The fourth-order valence-corrected chi connectivity index (χ4v) is 1.33. The molecule has 0 bridgehead atoms. The average molecular weight is 198 g/mol. The minimum absolute atomic E-state index is 0.0938. The maximum atomic E-state index is 11.3. The molecule has 0 aliphatic rings. The van der Waals surface area contributed by atoms with Crippen LogP contribution in [0.5, 0.6) is 0 Å². The van der Waals surface area contributed by atoms with Gasteiger partial charge in [0, 0.05) is 0 Å². The van der Waals surface area contributed by atoms with Crippen molar-refractivity contribution in [3.63, 3.8) is 0 Å². The molecule has 0 saturated heterocycles. The van der Waals surface area contributed by atoms with Crippen molar-refractivity contribution in [2.45, 2.75) is 41.0 Å². The molecular weight excluding hydrogens is 176 g/mol. The van der Waals surface area contributed by atoms with E-state index in [4.69, 9.17) is 4.74 Å². The normalized spacial score (nSPS) is 12.4. The van der Waals surface area contributed by atoms with Crippen molar-refractivity contribution in [1.82, 2.24) is 0 Å². The van der Waals surface area contributed by atoms with Crippen LogP contribution < -0.4 is 0 Å². The Balaban J connectivity index is 4.24. The van der Waals surface area contributed by atoms with Crippen molar-refractivity contribution in [3.05, 3.63) is 11.6 Å². The van der Waals surface area contributed by atoms with Gasteiger partial charge in [0.1, 0.15) is 0 Å². The van der Waals surface area contributed by atoms with E-state index in [9.17, 15) is 4.79 Å².